The molecular weight excluding hydrogens is 247 g/mol. The Labute approximate surface area is 96.1 Å². The van der Waals surface area contributed by atoms with Gasteiger partial charge in [0, 0.05) is 6.42 Å². The molecule has 0 aliphatic heterocycles. The SMILES string of the molecule is CCC(C)C(=O)OCCC(F)(F)CC(F)(F)F. The average Bonchev–Trinajstić information content (AvgIpc) is 2.12. The highest BCUT2D eigenvalue weighted by atomic mass is 19.4. The molecule has 102 valence electrons. The highest BCUT2D eigenvalue weighted by Gasteiger charge is 2.43. The van der Waals surface area contributed by atoms with Crippen molar-refractivity contribution in [1.82, 2.24) is 0 Å². The fourth-order valence-electron chi connectivity index (χ4n) is 0.992. The van der Waals surface area contributed by atoms with Crippen LogP contribution >= 0.6 is 0 Å². The zero-order valence-electron chi connectivity index (χ0n) is 9.61. The number of carbonyl (C=O) groups is 1. The first-order chi connectivity index (χ1) is 7.57. The molecule has 0 heterocycles. The van der Waals surface area contributed by atoms with Gasteiger partial charge in [0.1, 0.15) is 6.42 Å². The van der Waals surface area contributed by atoms with E-state index in [-0.39, 0.29) is 0 Å². The molecule has 0 saturated heterocycles. The topological polar surface area (TPSA) is 26.3 Å². The Kier molecular flexibility index (Phi) is 5.84. The van der Waals surface area contributed by atoms with Crippen LogP contribution in [0.4, 0.5) is 22.0 Å². The van der Waals surface area contributed by atoms with Gasteiger partial charge in [-0.05, 0) is 6.42 Å². The van der Waals surface area contributed by atoms with Gasteiger partial charge in [-0.25, -0.2) is 8.78 Å². The first-order valence-corrected chi connectivity index (χ1v) is 5.18. The first kappa shape index (κ1) is 16.1. The van der Waals surface area contributed by atoms with Crippen LogP contribution in [0.25, 0.3) is 0 Å². The Morgan fingerprint density at radius 2 is 1.76 bits per heavy atom. The van der Waals surface area contributed by atoms with E-state index >= 15 is 0 Å². The minimum absolute atomic E-state index is 0.439. The second-order valence-electron chi connectivity index (χ2n) is 3.87. The Morgan fingerprint density at radius 3 is 2.18 bits per heavy atom. The molecule has 1 unspecified atom stereocenters. The van der Waals surface area contributed by atoms with E-state index in [2.05, 4.69) is 4.74 Å². The van der Waals surface area contributed by atoms with Crippen LogP contribution in [0.1, 0.15) is 33.1 Å². The van der Waals surface area contributed by atoms with Crippen LogP contribution in [0.2, 0.25) is 0 Å². The molecule has 17 heavy (non-hydrogen) atoms. The van der Waals surface area contributed by atoms with Crippen molar-refractivity contribution in [1.29, 1.82) is 0 Å². The van der Waals surface area contributed by atoms with E-state index < -0.39 is 43.4 Å². The summed E-state index contributed by atoms with van der Waals surface area (Å²) in [4.78, 5) is 11.1. The van der Waals surface area contributed by atoms with Crippen LogP contribution in [0.3, 0.4) is 0 Å². The maximum absolute atomic E-state index is 12.7. The molecule has 0 aromatic carbocycles. The van der Waals surface area contributed by atoms with Crippen LogP contribution in [-0.4, -0.2) is 24.7 Å². The van der Waals surface area contributed by atoms with Crippen molar-refractivity contribution < 1.29 is 31.5 Å². The third kappa shape index (κ3) is 7.93. The summed E-state index contributed by atoms with van der Waals surface area (Å²) in [5.74, 6) is -5.00. The standard InChI is InChI=1S/C10H15F5O2/c1-3-7(2)8(16)17-5-4-9(11,12)6-10(13,14)15/h7H,3-6H2,1-2H3. The average molecular weight is 262 g/mol. The van der Waals surface area contributed by atoms with Gasteiger partial charge in [-0.1, -0.05) is 13.8 Å². The minimum Gasteiger partial charge on any atom is -0.465 e. The van der Waals surface area contributed by atoms with Crippen molar-refractivity contribution in [2.75, 3.05) is 6.61 Å². The predicted octanol–water partition coefficient (Wildman–Crippen LogP) is 3.55. The number of hydrogen-bond donors (Lipinski definition) is 0. The molecular formula is C10H15F5O2. The van der Waals surface area contributed by atoms with Gasteiger partial charge < -0.3 is 4.74 Å². The van der Waals surface area contributed by atoms with Crippen molar-refractivity contribution in [3.05, 3.63) is 0 Å². The van der Waals surface area contributed by atoms with Crippen LogP contribution in [0.15, 0.2) is 0 Å². The molecule has 0 fully saturated rings. The summed E-state index contributed by atoms with van der Waals surface area (Å²) in [6.07, 6.45) is -7.75. The summed E-state index contributed by atoms with van der Waals surface area (Å²) in [5.41, 5.74) is 0. The van der Waals surface area contributed by atoms with E-state index in [1.54, 1.807) is 13.8 Å². The summed E-state index contributed by atoms with van der Waals surface area (Å²) in [5, 5.41) is 0. The number of carbonyl (C=O) groups excluding carboxylic acids is 1. The van der Waals surface area contributed by atoms with E-state index in [9.17, 15) is 26.7 Å². The Morgan fingerprint density at radius 1 is 1.24 bits per heavy atom. The molecule has 0 radical (unpaired) electrons. The molecule has 0 aromatic heterocycles. The molecule has 2 nitrogen and oxygen atoms in total. The fourth-order valence-corrected chi connectivity index (χ4v) is 0.992. The lowest BCUT2D eigenvalue weighted by Crippen LogP contribution is -2.28. The van der Waals surface area contributed by atoms with E-state index in [0.29, 0.717) is 6.42 Å². The minimum atomic E-state index is -4.93. The zero-order valence-corrected chi connectivity index (χ0v) is 9.61. The smallest absolute Gasteiger partial charge is 0.394 e. The third-order valence-electron chi connectivity index (χ3n) is 2.19. The molecule has 0 bridgehead atoms. The van der Waals surface area contributed by atoms with Gasteiger partial charge in [0.2, 0.25) is 0 Å². The van der Waals surface area contributed by atoms with Crippen molar-refractivity contribution >= 4 is 5.97 Å². The van der Waals surface area contributed by atoms with Gasteiger partial charge in [-0.15, -0.1) is 0 Å². The summed E-state index contributed by atoms with van der Waals surface area (Å²) < 4.78 is 65.1. The number of ether oxygens (including phenoxy) is 1. The van der Waals surface area contributed by atoms with Crippen LogP contribution in [0.5, 0.6) is 0 Å². The van der Waals surface area contributed by atoms with E-state index in [1.165, 1.54) is 0 Å². The van der Waals surface area contributed by atoms with Gasteiger partial charge >= 0.3 is 12.1 Å². The second-order valence-corrected chi connectivity index (χ2v) is 3.87. The fraction of sp³-hybridized carbons (Fsp3) is 0.900. The normalized spacial score (nSPS) is 14.5. The number of esters is 1. The zero-order chi connectivity index (χ0) is 13.7. The Balaban J connectivity index is 3.99. The van der Waals surface area contributed by atoms with Crippen molar-refractivity contribution in [3.63, 3.8) is 0 Å². The second kappa shape index (κ2) is 6.16. The summed E-state index contributed by atoms with van der Waals surface area (Å²) in [7, 11) is 0. The van der Waals surface area contributed by atoms with Crippen molar-refractivity contribution in [3.8, 4) is 0 Å². The van der Waals surface area contributed by atoms with Gasteiger partial charge in [0.05, 0.1) is 12.5 Å². The van der Waals surface area contributed by atoms with Crippen LogP contribution in [-0.2, 0) is 9.53 Å². The molecule has 0 saturated carbocycles. The number of hydrogen-bond acceptors (Lipinski definition) is 2. The van der Waals surface area contributed by atoms with Crippen LogP contribution in [0, 0.1) is 5.92 Å². The van der Waals surface area contributed by atoms with Crippen molar-refractivity contribution in [2.24, 2.45) is 5.92 Å². The highest BCUT2D eigenvalue weighted by Crippen LogP contribution is 2.33. The largest absolute Gasteiger partial charge is 0.465 e. The molecule has 0 aliphatic carbocycles. The monoisotopic (exact) mass is 262 g/mol. The van der Waals surface area contributed by atoms with Gasteiger partial charge in [-0.3, -0.25) is 4.79 Å². The Hall–Kier alpha value is -0.880. The van der Waals surface area contributed by atoms with Crippen molar-refractivity contribution in [2.45, 2.75) is 45.2 Å². The molecule has 0 N–H and O–H groups in total. The summed E-state index contributed by atoms with van der Waals surface area (Å²) >= 11 is 0. The summed E-state index contributed by atoms with van der Waals surface area (Å²) in [6.45, 7) is 2.56. The molecule has 0 amide bonds. The number of halogens is 5. The summed E-state index contributed by atoms with van der Waals surface area (Å²) in [6, 6.07) is 0. The number of alkyl halides is 5. The molecule has 0 aliphatic rings. The van der Waals surface area contributed by atoms with Gasteiger partial charge in [0.15, 0.2) is 0 Å². The maximum Gasteiger partial charge on any atom is 0.394 e. The van der Waals surface area contributed by atoms with E-state index in [0.717, 1.165) is 0 Å². The molecule has 0 spiro atoms. The molecule has 0 aromatic rings. The van der Waals surface area contributed by atoms with Crippen LogP contribution < -0.4 is 0 Å². The lowest BCUT2D eigenvalue weighted by atomic mass is 10.1. The molecule has 0 rings (SSSR count). The molecule has 7 heteroatoms. The Bertz CT molecular complexity index is 250. The third-order valence-corrected chi connectivity index (χ3v) is 2.19. The van der Waals surface area contributed by atoms with E-state index in [4.69, 9.17) is 0 Å². The first-order valence-electron chi connectivity index (χ1n) is 5.18. The predicted molar refractivity (Wildman–Crippen MR) is 50.7 cm³/mol. The van der Waals surface area contributed by atoms with E-state index in [1.807, 2.05) is 0 Å². The van der Waals surface area contributed by atoms with Gasteiger partial charge in [-0.2, -0.15) is 13.2 Å². The quantitative estimate of drug-likeness (QED) is 0.540. The highest BCUT2D eigenvalue weighted by molar-refractivity contribution is 5.71. The maximum atomic E-state index is 12.7. The van der Waals surface area contributed by atoms with Gasteiger partial charge in [0.25, 0.3) is 5.92 Å². The lowest BCUT2D eigenvalue weighted by molar-refractivity contribution is -0.192. The molecule has 1 atom stereocenters. The number of rotatable bonds is 6. The lowest BCUT2D eigenvalue weighted by Gasteiger charge is -2.18.